The predicted octanol–water partition coefficient (Wildman–Crippen LogP) is 1.29. The summed E-state index contributed by atoms with van der Waals surface area (Å²) in [6.07, 6.45) is 3.10. The summed E-state index contributed by atoms with van der Waals surface area (Å²) >= 11 is 1.46. The van der Waals surface area contributed by atoms with E-state index in [0.717, 1.165) is 19.3 Å². The monoisotopic (exact) mass is 324 g/mol. The lowest BCUT2D eigenvalue weighted by Gasteiger charge is -2.26. The van der Waals surface area contributed by atoms with Crippen molar-refractivity contribution in [3.05, 3.63) is 21.4 Å². The number of fused-ring (bicyclic) bond motifs is 1. The Hall–Kier alpha value is -1.89. The van der Waals surface area contributed by atoms with Crippen LogP contribution in [0.2, 0.25) is 0 Å². The van der Waals surface area contributed by atoms with E-state index in [9.17, 15) is 19.5 Å². The molecular formula is C15H20N2O4S. The van der Waals surface area contributed by atoms with E-state index >= 15 is 0 Å². The maximum atomic E-state index is 12.6. The first kappa shape index (κ1) is 16.5. The number of carboxylic acids is 1. The van der Waals surface area contributed by atoms with Gasteiger partial charge in [0.2, 0.25) is 5.91 Å². The fourth-order valence-electron chi connectivity index (χ4n) is 2.53. The molecule has 1 unspecified atom stereocenters. The van der Waals surface area contributed by atoms with E-state index < -0.39 is 12.0 Å². The second kappa shape index (κ2) is 6.91. The SMILES string of the molecule is CC(=O)NCCN(C(=O)c1cc2c(s1)CCC2)C(C)C(=O)O. The van der Waals surface area contributed by atoms with Crippen LogP contribution in [0.25, 0.3) is 0 Å². The van der Waals surface area contributed by atoms with E-state index in [-0.39, 0.29) is 24.9 Å². The van der Waals surface area contributed by atoms with Crippen molar-refractivity contribution < 1.29 is 19.5 Å². The van der Waals surface area contributed by atoms with Crippen LogP contribution in [0.1, 0.15) is 40.4 Å². The normalized spacial score (nSPS) is 14.3. The van der Waals surface area contributed by atoms with Crippen LogP contribution in [0.3, 0.4) is 0 Å². The van der Waals surface area contributed by atoms with Crippen LogP contribution in [0, 0.1) is 0 Å². The van der Waals surface area contributed by atoms with Gasteiger partial charge in [0.05, 0.1) is 4.88 Å². The van der Waals surface area contributed by atoms with Crippen LogP contribution < -0.4 is 5.32 Å². The summed E-state index contributed by atoms with van der Waals surface area (Å²) in [6, 6.07) is 0.952. The fraction of sp³-hybridized carbons (Fsp3) is 0.533. The minimum absolute atomic E-state index is 0.175. The highest BCUT2D eigenvalue weighted by molar-refractivity contribution is 7.14. The maximum absolute atomic E-state index is 12.6. The molecule has 22 heavy (non-hydrogen) atoms. The van der Waals surface area contributed by atoms with Gasteiger partial charge in [-0.1, -0.05) is 0 Å². The van der Waals surface area contributed by atoms with Crippen LogP contribution in [-0.2, 0) is 22.4 Å². The molecule has 1 aliphatic rings. The van der Waals surface area contributed by atoms with Gasteiger partial charge in [0.25, 0.3) is 5.91 Å². The second-order valence-corrected chi connectivity index (χ2v) is 6.55. The topological polar surface area (TPSA) is 86.7 Å². The molecule has 2 N–H and O–H groups in total. The molecule has 1 aromatic rings. The van der Waals surface area contributed by atoms with Gasteiger partial charge in [-0.15, -0.1) is 11.3 Å². The highest BCUT2D eigenvalue weighted by Crippen LogP contribution is 2.31. The van der Waals surface area contributed by atoms with E-state index in [1.807, 2.05) is 6.07 Å². The van der Waals surface area contributed by atoms with Crippen LogP contribution >= 0.6 is 11.3 Å². The summed E-state index contributed by atoms with van der Waals surface area (Å²) in [4.78, 5) is 37.9. The van der Waals surface area contributed by atoms with Crippen molar-refractivity contribution in [1.82, 2.24) is 10.2 Å². The molecule has 2 amide bonds. The summed E-state index contributed by atoms with van der Waals surface area (Å²) in [7, 11) is 0. The van der Waals surface area contributed by atoms with Gasteiger partial charge in [-0.2, -0.15) is 0 Å². The maximum Gasteiger partial charge on any atom is 0.326 e. The molecule has 0 saturated carbocycles. The lowest BCUT2D eigenvalue weighted by Crippen LogP contribution is -2.46. The Labute approximate surface area is 133 Å². The molecule has 1 heterocycles. The molecule has 0 aliphatic heterocycles. The van der Waals surface area contributed by atoms with Gasteiger partial charge in [0, 0.05) is 24.9 Å². The number of hydrogen-bond donors (Lipinski definition) is 2. The Morgan fingerprint density at radius 3 is 2.73 bits per heavy atom. The number of aryl methyl sites for hydroxylation is 2. The second-order valence-electron chi connectivity index (χ2n) is 5.41. The highest BCUT2D eigenvalue weighted by atomic mass is 32.1. The first-order valence-electron chi connectivity index (χ1n) is 7.30. The molecule has 1 aromatic heterocycles. The van der Waals surface area contributed by atoms with Gasteiger partial charge in [-0.3, -0.25) is 9.59 Å². The van der Waals surface area contributed by atoms with Crippen molar-refractivity contribution in [2.75, 3.05) is 13.1 Å². The van der Waals surface area contributed by atoms with E-state index in [1.165, 1.54) is 40.5 Å². The zero-order valence-electron chi connectivity index (χ0n) is 12.7. The number of nitrogens with one attached hydrogen (secondary N) is 1. The quantitative estimate of drug-likeness (QED) is 0.825. The van der Waals surface area contributed by atoms with Crippen molar-refractivity contribution in [2.45, 2.75) is 39.2 Å². The number of hydrogen-bond acceptors (Lipinski definition) is 4. The van der Waals surface area contributed by atoms with Gasteiger partial charge < -0.3 is 15.3 Å². The average Bonchev–Trinajstić information content (AvgIpc) is 3.02. The lowest BCUT2D eigenvalue weighted by atomic mass is 10.2. The molecule has 0 fully saturated rings. The zero-order valence-corrected chi connectivity index (χ0v) is 13.5. The number of carboxylic acid groups (broad SMARTS) is 1. The summed E-state index contributed by atoms with van der Waals surface area (Å²) in [6.45, 7) is 3.28. The molecule has 0 aromatic carbocycles. The number of aliphatic carboxylic acids is 1. The molecule has 2 rings (SSSR count). The lowest BCUT2D eigenvalue weighted by molar-refractivity contribution is -0.141. The van der Waals surface area contributed by atoms with Crippen LogP contribution in [0.4, 0.5) is 0 Å². The largest absolute Gasteiger partial charge is 0.480 e. The number of carbonyl (C=O) groups is 3. The summed E-state index contributed by atoms with van der Waals surface area (Å²) < 4.78 is 0. The first-order chi connectivity index (χ1) is 10.4. The van der Waals surface area contributed by atoms with Crippen molar-refractivity contribution in [3.63, 3.8) is 0 Å². The van der Waals surface area contributed by atoms with Crippen LogP contribution in [-0.4, -0.2) is 46.9 Å². The first-order valence-corrected chi connectivity index (χ1v) is 8.11. The third kappa shape index (κ3) is 3.65. The predicted molar refractivity (Wildman–Crippen MR) is 83.2 cm³/mol. The Morgan fingerprint density at radius 2 is 2.14 bits per heavy atom. The summed E-state index contributed by atoms with van der Waals surface area (Å²) in [5, 5.41) is 11.8. The zero-order chi connectivity index (χ0) is 16.3. The fourth-order valence-corrected chi connectivity index (χ4v) is 3.74. The molecule has 0 bridgehead atoms. The standard InChI is InChI=1S/C15H20N2O4S/c1-9(15(20)21)17(7-6-16-10(2)18)14(19)13-8-11-4-3-5-12(11)22-13/h8-9H,3-7H2,1-2H3,(H,16,18)(H,20,21). The number of amides is 2. The molecule has 0 saturated heterocycles. The molecule has 1 aliphatic carbocycles. The van der Waals surface area contributed by atoms with Gasteiger partial charge in [0.1, 0.15) is 6.04 Å². The number of carbonyl (C=O) groups excluding carboxylic acids is 2. The molecule has 120 valence electrons. The molecule has 7 heteroatoms. The van der Waals surface area contributed by atoms with E-state index in [0.29, 0.717) is 4.88 Å². The van der Waals surface area contributed by atoms with Crippen molar-refractivity contribution in [3.8, 4) is 0 Å². The van der Waals surface area contributed by atoms with Gasteiger partial charge in [0.15, 0.2) is 0 Å². The minimum Gasteiger partial charge on any atom is -0.480 e. The van der Waals surface area contributed by atoms with Crippen molar-refractivity contribution in [2.24, 2.45) is 0 Å². The molecule has 0 radical (unpaired) electrons. The summed E-state index contributed by atoms with van der Waals surface area (Å²) in [5.41, 5.74) is 1.21. The van der Waals surface area contributed by atoms with Crippen molar-refractivity contribution >= 4 is 29.1 Å². The number of thiophene rings is 1. The molecule has 1 atom stereocenters. The number of rotatable bonds is 6. The van der Waals surface area contributed by atoms with E-state index in [1.54, 1.807) is 0 Å². The Kier molecular flexibility index (Phi) is 5.18. The summed E-state index contributed by atoms with van der Waals surface area (Å²) in [5.74, 6) is -1.54. The Balaban J connectivity index is 2.13. The molecule has 0 spiro atoms. The third-order valence-corrected chi connectivity index (χ3v) is 4.99. The van der Waals surface area contributed by atoms with Gasteiger partial charge in [-0.25, -0.2) is 4.79 Å². The van der Waals surface area contributed by atoms with E-state index in [2.05, 4.69) is 5.32 Å². The van der Waals surface area contributed by atoms with Crippen LogP contribution in [0.15, 0.2) is 6.07 Å². The third-order valence-electron chi connectivity index (χ3n) is 3.77. The Morgan fingerprint density at radius 1 is 1.41 bits per heavy atom. The number of nitrogens with zero attached hydrogens (tertiary/aromatic N) is 1. The van der Waals surface area contributed by atoms with Gasteiger partial charge in [-0.05, 0) is 37.8 Å². The van der Waals surface area contributed by atoms with Crippen LogP contribution in [0.5, 0.6) is 0 Å². The molecular weight excluding hydrogens is 304 g/mol. The minimum atomic E-state index is -1.06. The smallest absolute Gasteiger partial charge is 0.326 e. The van der Waals surface area contributed by atoms with E-state index in [4.69, 9.17) is 0 Å². The highest BCUT2D eigenvalue weighted by Gasteiger charge is 2.28. The van der Waals surface area contributed by atoms with Crippen molar-refractivity contribution in [1.29, 1.82) is 0 Å². The molecule has 6 nitrogen and oxygen atoms in total. The van der Waals surface area contributed by atoms with Gasteiger partial charge >= 0.3 is 5.97 Å². The Bertz CT molecular complexity index is 575. The average molecular weight is 324 g/mol.